The number of nitrogen functional groups attached to an aromatic ring is 1. The Kier molecular flexibility index (Phi) is 7.85. The number of hydrogen-bond acceptors (Lipinski definition) is 4. The van der Waals surface area contributed by atoms with Gasteiger partial charge < -0.3 is 19.7 Å². The number of anilines is 1. The summed E-state index contributed by atoms with van der Waals surface area (Å²) in [5.74, 6) is 4.50. The zero-order valence-corrected chi connectivity index (χ0v) is 25.2. The van der Waals surface area contributed by atoms with Crippen molar-refractivity contribution in [3.05, 3.63) is 16.7 Å². The predicted molar refractivity (Wildman–Crippen MR) is 142 cm³/mol. The van der Waals surface area contributed by atoms with E-state index in [1.807, 2.05) is 67.7 Å². The van der Waals surface area contributed by atoms with Gasteiger partial charge in [-0.1, -0.05) is 65.0 Å². The van der Waals surface area contributed by atoms with Crippen LogP contribution in [-0.2, 0) is 5.60 Å². The van der Waals surface area contributed by atoms with Crippen LogP contribution < -0.4 is 14.6 Å². The van der Waals surface area contributed by atoms with E-state index in [9.17, 15) is 18.3 Å². The highest BCUT2D eigenvalue weighted by molar-refractivity contribution is 6.75. The van der Waals surface area contributed by atoms with Crippen molar-refractivity contribution in [3.8, 4) is 23.3 Å². The number of rotatable bonds is 5. The van der Waals surface area contributed by atoms with Crippen LogP contribution in [0.15, 0.2) is 6.07 Å². The van der Waals surface area contributed by atoms with Gasteiger partial charge in [0.25, 0.3) is 16.6 Å². The van der Waals surface area contributed by atoms with Crippen LogP contribution in [-0.4, -0.2) is 27.9 Å². The minimum Gasteiger partial charge on any atom is -0.540 e. The minimum absolute atomic E-state index is 0.0557. The van der Waals surface area contributed by atoms with E-state index in [0.29, 0.717) is 12.8 Å². The van der Waals surface area contributed by atoms with Crippen LogP contribution in [0.1, 0.15) is 59.9 Å². The van der Waals surface area contributed by atoms with Crippen molar-refractivity contribution in [2.45, 2.75) is 102 Å². The molecule has 1 aromatic carbocycles. The van der Waals surface area contributed by atoms with Crippen LogP contribution in [0.25, 0.3) is 0 Å². The molecule has 0 bridgehead atoms. The Morgan fingerprint density at radius 2 is 1.37 bits per heavy atom. The second-order valence-corrected chi connectivity index (χ2v) is 22.3. The molecule has 4 nitrogen and oxygen atoms in total. The summed E-state index contributed by atoms with van der Waals surface area (Å²) in [6, 6.07) is 1.02. The molecule has 1 fully saturated rings. The van der Waals surface area contributed by atoms with Crippen LogP contribution in [0.3, 0.4) is 0 Å². The normalized spacial score (nSPS) is 17.3. The zero-order valence-electron chi connectivity index (χ0n) is 22.4. The first kappa shape index (κ1) is 29.9. The molecule has 0 aliphatic heterocycles. The lowest BCUT2D eigenvalue weighted by Crippen LogP contribution is -2.46. The van der Waals surface area contributed by atoms with Gasteiger partial charge in [-0.05, 0) is 55.2 Å². The first-order valence-electron chi connectivity index (χ1n) is 11.8. The number of halogens is 4. The van der Waals surface area contributed by atoms with Gasteiger partial charge in [-0.2, -0.15) is 13.2 Å². The lowest BCUT2D eigenvalue weighted by molar-refractivity contribution is -0.240. The monoisotopic (exact) mass is 549 g/mol. The lowest BCUT2D eigenvalue weighted by Gasteiger charge is -2.41. The summed E-state index contributed by atoms with van der Waals surface area (Å²) in [5.41, 5.74) is 1.88. The van der Waals surface area contributed by atoms with Crippen LogP contribution in [0, 0.1) is 17.8 Å². The summed E-state index contributed by atoms with van der Waals surface area (Å²) in [4.78, 5) is 0. The molecule has 0 saturated heterocycles. The van der Waals surface area contributed by atoms with Crippen LogP contribution in [0.5, 0.6) is 11.5 Å². The summed E-state index contributed by atoms with van der Waals surface area (Å²) >= 11 is 6.59. The summed E-state index contributed by atoms with van der Waals surface area (Å²) in [7, 11) is -5.10. The van der Waals surface area contributed by atoms with Crippen molar-refractivity contribution in [2.24, 2.45) is 5.92 Å². The third-order valence-corrected chi connectivity index (χ3v) is 16.3. The molecule has 0 heterocycles. The molecule has 2 rings (SSSR count). The molecule has 0 amide bonds. The second kappa shape index (κ2) is 9.19. The van der Waals surface area contributed by atoms with Crippen LogP contribution >= 0.6 is 11.6 Å². The largest absolute Gasteiger partial charge is 0.540 e. The minimum atomic E-state index is -5.11. The molecule has 1 atom stereocenters. The standard InChI is InChI=1S/C25H39ClF3NO3Si2/c1-22(2,3)34(7,8)32-20-18(26)15-17(19(30)21(20)33-35(9,10)23(4,5)6)24(31,25(27,28)29)14-13-16-11-12-16/h15-16,31H,11-12,30H2,1-10H3. The summed E-state index contributed by atoms with van der Waals surface area (Å²) in [5, 5.41) is 10.3. The molecular formula is C25H39ClF3NO3Si2. The molecule has 0 radical (unpaired) electrons. The SMILES string of the molecule is CC(C)(C)[Si](C)(C)Oc1c(Cl)cc(C(O)(C#CC2CC2)C(F)(F)F)c(N)c1O[Si](C)(C)C(C)(C)C. The maximum absolute atomic E-state index is 14.3. The summed E-state index contributed by atoms with van der Waals surface area (Å²) < 4.78 is 55.7. The van der Waals surface area contributed by atoms with Crippen molar-refractivity contribution in [1.82, 2.24) is 0 Å². The number of aliphatic hydroxyl groups is 1. The maximum atomic E-state index is 14.3. The Morgan fingerprint density at radius 1 is 0.943 bits per heavy atom. The van der Waals surface area contributed by atoms with Gasteiger partial charge in [0, 0.05) is 11.5 Å². The third-order valence-electron chi connectivity index (χ3n) is 7.39. The van der Waals surface area contributed by atoms with Gasteiger partial charge in [-0.3, -0.25) is 0 Å². The number of alkyl halides is 3. The average Bonchev–Trinajstić information content (AvgIpc) is 3.47. The van der Waals surface area contributed by atoms with E-state index in [1.165, 1.54) is 0 Å². The van der Waals surface area contributed by atoms with E-state index < -0.39 is 34.0 Å². The van der Waals surface area contributed by atoms with Crippen molar-refractivity contribution in [2.75, 3.05) is 5.73 Å². The highest BCUT2D eigenvalue weighted by atomic mass is 35.5. The predicted octanol–water partition coefficient (Wildman–Crippen LogP) is 7.85. The van der Waals surface area contributed by atoms with Gasteiger partial charge in [0.15, 0.2) is 11.5 Å². The molecule has 0 spiro atoms. The van der Waals surface area contributed by atoms with Crippen LogP contribution in [0.4, 0.5) is 18.9 Å². The molecule has 198 valence electrons. The molecule has 0 aromatic heterocycles. The first-order chi connectivity index (χ1) is 15.4. The van der Waals surface area contributed by atoms with Gasteiger partial charge in [-0.25, -0.2) is 0 Å². The molecule has 1 saturated carbocycles. The fourth-order valence-corrected chi connectivity index (χ4v) is 5.00. The average molecular weight is 550 g/mol. The highest BCUT2D eigenvalue weighted by Gasteiger charge is 2.56. The van der Waals surface area contributed by atoms with Crippen molar-refractivity contribution in [1.29, 1.82) is 0 Å². The van der Waals surface area contributed by atoms with Gasteiger partial charge >= 0.3 is 6.18 Å². The Morgan fingerprint density at radius 3 is 1.74 bits per heavy atom. The maximum Gasteiger partial charge on any atom is 0.433 e. The number of benzene rings is 1. The smallest absolute Gasteiger partial charge is 0.433 e. The third kappa shape index (κ3) is 6.15. The van der Waals surface area contributed by atoms with E-state index in [2.05, 4.69) is 11.8 Å². The summed E-state index contributed by atoms with van der Waals surface area (Å²) in [6.45, 7) is 20.0. The van der Waals surface area contributed by atoms with Gasteiger partial charge in [0.05, 0.1) is 10.7 Å². The van der Waals surface area contributed by atoms with Crippen molar-refractivity contribution in [3.63, 3.8) is 0 Å². The van der Waals surface area contributed by atoms with E-state index in [1.54, 1.807) is 0 Å². The van der Waals surface area contributed by atoms with E-state index >= 15 is 0 Å². The van der Waals surface area contributed by atoms with Gasteiger partial charge in [0.1, 0.15) is 0 Å². The molecule has 1 aromatic rings. The van der Waals surface area contributed by atoms with E-state index in [-0.39, 0.29) is 38.2 Å². The lowest BCUT2D eigenvalue weighted by atomic mass is 9.91. The molecular weight excluding hydrogens is 511 g/mol. The summed E-state index contributed by atoms with van der Waals surface area (Å²) in [6.07, 6.45) is -3.70. The fourth-order valence-electron chi connectivity index (χ4n) is 2.66. The van der Waals surface area contributed by atoms with E-state index in [4.69, 9.17) is 26.2 Å². The Balaban J connectivity index is 2.86. The highest BCUT2D eigenvalue weighted by Crippen LogP contribution is 2.53. The molecule has 3 N–H and O–H groups in total. The Labute approximate surface area is 215 Å². The molecule has 1 aliphatic carbocycles. The molecule has 35 heavy (non-hydrogen) atoms. The van der Waals surface area contributed by atoms with Crippen LogP contribution in [0.2, 0.25) is 41.3 Å². The Bertz CT molecular complexity index is 1030. The van der Waals surface area contributed by atoms with Crippen molar-refractivity contribution < 1.29 is 27.1 Å². The van der Waals surface area contributed by atoms with E-state index in [0.717, 1.165) is 6.07 Å². The molecule has 1 unspecified atom stereocenters. The van der Waals surface area contributed by atoms with Gasteiger partial charge in [-0.15, -0.1) is 0 Å². The molecule has 10 heteroatoms. The fraction of sp³-hybridized carbons (Fsp3) is 0.680. The topological polar surface area (TPSA) is 64.7 Å². The Hall–Kier alpha value is -1.35. The van der Waals surface area contributed by atoms with Gasteiger partial charge in [0.2, 0.25) is 5.60 Å². The molecule has 1 aliphatic rings. The van der Waals surface area contributed by atoms with Crippen molar-refractivity contribution >= 4 is 33.9 Å². The quantitative estimate of drug-likeness (QED) is 0.223. The first-order valence-corrected chi connectivity index (χ1v) is 18.0. The second-order valence-electron chi connectivity index (χ2n) is 12.5. The number of hydrogen-bond donors (Lipinski definition) is 2. The zero-order chi connectivity index (χ0) is 27.4. The number of nitrogens with two attached hydrogens (primary N) is 1.